The number of aryl methyl sites for hydroxylation is 2. The van der Waals surface area contributed by atoms with Crippen molar-refractivity contribution in [3.8, 4) is 16.9 Å². The lowest BCUT2D eigenvalue weighted by atomic mass is 10.0. The van der Waals surface area contributed by atoms with Crippen molar-refractivity contribution in [1.29, 1.82) is 0 Å². The van der Waals surface area contributed by atoms with Gasteiger partial charge in [-0.25, -0.2) is 9.78 Å². The molecule has 0 bridgehead atoms. The zero-order valence-electron chi connectivity index (χ0n) is 15.3. The van der Waals surface area contributed by atoms with Crippen LogP contribution >= 0.6 is 11.3 Å². The Balaban J connectivity index is 2.41. The third kappa shape index (κ3) is 2.68. The van der Waals surface area contributed by atoms with Crippen LogP contribution in [0.25, 0.3) is 21.3 Å². The number of nitrogens with zero attached hydrogens (tertiary/aromatic N) is 2. The zero-order chi connectivity index (χ0) is 19.2. The van der Waals surface area contributed by atoms with E-state index in [0.717, 1.165) is 16.0 Å². The lowest BCUT2D eigenvalue weighted by molar-refractivity contribution is -0.145. The van der Waals surface area contributed by atoms with E-state index in [1.54, 1.807) is 14.0 Å². The molecule has 0 aliphatic rings. The summed E-state index contributed by atoms with van der Waals surface area (Å²) in [5.74, 6) is -0.0143. The Bertz CT molecular complexity index is 1080. The first-order chi connectivity index (χ1) is 12.2. The van der Waals surface area contributed by atoms with Crippen LogP contribution in [-0.4, -0.2) is 27.7 Å². The molecule has 1 N–H and O–H groups in total. The quantitative estimate of drug-likeness (QED) is 0.757. The average molecular weight is 372 g/mol. The highest BCUT2D eigenvalue weighted by molar-refractivity contribution is 7.19. The van der Waals surface area contributed by atoms with E-state index in [-0.39, 0.29) is 5.56 Å². The fourth-order valence-electron chi connectivity index (χ4n) is 3.14. The van der Waals surface area contributed by atoms with Crippen molar-refractivity contribution in [3.05, 3.63) is 45.3 Å². The van der Waals surface area contributed by atoms with Crippen LogP contribution in [0.5, 0.6) is 5.75 Å². The summed E-state index contributed by atoms with van der Waals surface area (Å²) >= 11 is 1.43. The predicted molar refractivity (Wildman–Crippen MR) is 102 cm³/mol. The van der Waals surface area contributed by atoms with Crippen LogP contribution in [0.4, 0.5) is 0 Å². The van der Waals surface area contributed by atoms with Gasteiger partial charge in [-0.3, -0.25) is 9.36 Å². The minimum Gasteiger partial charge on any atom is -0.497 e. The van der Waals surface area contributed by atoms with Crippen molar-refractivity contribution in [3.63, 3.8) is 0 Å². The highest BCUT2D eigenvalue weighted by Gasteiger charge is 2.33. The second-order valence-corrected chi connectivity index (χ2v) is 7.81. The molecule has 7 heteroatoms. The molecule has 0 saturated carbocycles. The first-order valence-electron chi connectivity index (χ1n) is 8.09. The molecule has 0 spiro atoms. The second kappa shape index (κ2) is 6.25. The van der Waals surface area contributed by atoms with E-state index in [2.05, 4.69) is 4.98 Å². The number of fused-ring (bicyclic) bond motifs is 1. The third-order valence-corrected chi connectivity index (χ3v) is 5.51. The number of aliphatic carboxylic acids is 1. The summed E-state index contributed by atoms with van der Waals surface area (Å²) in [6.45, 7) is 6.60. The Kier molecular flexibility index (Phi) is 4.36. The van der Waals surface area contributed by atoms with Gasteiger partial charge in [-0.2, -0.15) is 0 Å². The van der Waals surface area contributed by atoms with Crippen LogP contribution in [0.15, 0.2) is 29.1 Å². The normalized spacial score (nSPS) is 11.7. The number of hydrogen-bond donors (Lipinski definition) is 1. The van der Waals surface area contributed by atoms with Gasteiger partial charge in [-0.05, 0) is 45.4 Å². The van der Waals surface area contributed by atoms with Crippen LogP contribution in [0, 0.1) is 13.8 Å². The smallest absolute Gasteiger partial charge is 0.329 e. The van der Waals surface area contributed by atoms with E-state index >= 15 is 0 Å². The molecule has 3 aromatic rings. The van der Waals surface area contributed by atoms with E-state index in [1.165, 1.54) is 29.8 Å². The maximum atomic E-state index is 13.3. The van der Waals surface area contributed by atoms with Crippen LogP contribution in [0.1, 0.15) is 24.5 Å². The Morgan fingerprint density at radius 2 is 2.00 bits per heavy atom. The summed E-state index contributed by atoms with van der Waals surface area (Å²) in [6, 6.07) is 7.46. The van der Waals surface area contributed by atoms with E-state index in [0.29, 0.717) is 21.8 Å². The minimum absolute atomic E-state index is 0.345. The number of hydrogen-bond acceptors (Lipinski definition) is 5. The lowest BCUT2D eigenvalue weighted by Gasteiger charge is -2.24. The van der Waals surface area contributed by atoms with Crippen LogP contribution < -0.4 is 10.3 Å². The number of aromatic nitrogens is 2. The molecule has 136 valence electrons. The van der Waals surface area contributed by atoms with Gasteiger partial charge in [0.1, 0.15) is 21.9 Å². The standard InChI is InChI=1S/C19H20N2O4S/c1-10-14(12-7-6-8-13(9-12)25-5)15-16(26-10)20-11(2)21(17(15)22)19(3,4)18(23)24/h6-9H,1-5H3,(H,23,24). The van der Waals surface area contributed by atoms with E-state index in [4.69, 9.17) is 4.74 Å². The minimum atomic E-state index is -1.40. The SMILES string of the molecule is COc1cccc(-c2c(C)sc3nc(C)n(C(C)(C)C(=O)O)c(=O)c23)c1. The maximum absolute atomic E-state index is 13.3. The molecule has 0 saturated heterocycles. The maximum Gasteiger partial charge on any atom is 0.329 e. The Labute approximate surface area is 154 Å². The highest BCUT2D eigenvalue weighted by Crippen LogP contribution is 2.37. The van der Waals surface area contributed by atoms with Gasteiger partial charge in [0.2, 0.25) is 0 Å². The number of rotatable bonds is 4. The average Bonchev–Trinajstić information content (AvgIpc) is 2.90. The molecule has 2 heterocycles. The number of thiophene rings is 1. The van der Waals surface area contributed by atoms with E-state index in [1.807, 2.05) is 31.2 Å². The number of benzene rings is 1. The van der Waals surface area contributed by atoms with Gasteiger partial charge in [0.05, 0.1) is 12.5 Å². The van der Waals surface area contributed by atoms with Gasteiger partial charge in [-0.1, -0.05) is 12.1 Å². The number of carboxylic acid groups (broad SMARTS) is 1. The van der Waals surface area contributed by atoms with E-state index < -0.39 is 11.5 Å². The van der Waals surface area contributed by atoms with Crippen LogP contribution in [0.2, 0.25) is 0 Å². The van der Waals surface area contributed by atoms with Gasteiger partial charge < -0.3 is 9.84 Å². The number of methoxy groups -OCH3 is 1. The fourth-order valence-corrected chi connectivity index (χ4v) is 4.22. The van der Waals surface area contributed by atoms with Crippen LogP contribution in [0.3, 0.4) is 0 Å². The summed E-state index contributed by atoms with van der Waals surface area (Å²) in [6.07, 6.45) is 0. The molecule has 0 amide bonds. The van der Waals surface area contributed by atoms with Crippen molar-refractivity contribution in [2.24, 2.45) is 0 Å². The van der Waals surface area contributed by atoms with Gasteiger partial charge >= 0.3 is 5.97 Å². The monoisotopic (exact) mass is 372 g/mol. The number of ether oxygens (including phenoxy) is 1. The molecule has 26 heavy (non-hydrogen) atoms. The highest BCUT2D eigenvalue weighted by atomic mass is 32.1. The largest absolute Gasteiger partial charge is 0.497 e. The molecular weight excluding hydrogens is 352 g/mol. The molecule has 6 nitrogen and oxygen atoms in total. The molecule has 0 fully saturated rings. The van der Waals surface area contributed by atoms with Crippen LogP contribution in [-0.2, 0) is 10.3 Å². The number of carboxylic acids is 1. The summed E-state index contributed by atoms with van der Waals surface area (Å²) in [5, 5.41) is 10.0. The first-order valence-corrected chi connectivity index (χ1v) is 8.91. The molecule has 0 aliphatic heterocycles. The van der Waals surface area contributed by atoms with Crippen molar-refractivity contribution in [2.75, 3.05) is 7.11 Å². The molecule has 0 aliphatic carbocycles. The predicted octanol–water partition coefficient (Wildman–Crippen LogP) is 3.57. The zero-order valence-corrected chi connectivity index (χ0v) is 16.1. The Hall–Kier alpha value is -2.67. The van der Waals surface area contributed by atoms with Gasteiger partial charge in [0.15, 0.2) is 0 Å². The third-order valence-electron chi connectivity index (χ3n) is 4.51. The summed E-state index contributed by atoms with van der Waals surface area (Å²) in [7, 11) is 1.59. The topological polar surface area (TPSA) is 81.4 Å². The van der Waals surface area contributed by atoms with Crippen molar-refractivity contribution in [2.45, 2.75) is 33.2 Å². The second-order valence-electron chi connectivity index (χ2n) is 6.61. The molecule has 3 rings (SSSR count). The molecule has 1 aromatic carbocycles. The van der Waals surface area contributed by atoms with E-state index in [9.17, 15) is 14.7 Å². The Morgan fingerprint density at radius 1 is 1.31 bits per heavy atom. The fraction of sp³-hybridized carbons (Fsp3) is 0.316. The summed E-state index contributed by atoms with van der Waals surface area (Å²) < 4.78 is 6.55. The first kappa shape index (κ1) is 18.1. The Morgan fingerprint density at radius 3 is 2.62 bits per heavy atom. The van der Waals surface area contributed by atoms with Gasteiger partial charge in [0.25, 0.3) is 5.56 Å². The summed E-state index contributed by atoms with van der Waals surface area (Å²) in [4.78, 5) is 31.1. The van der Waals surface area contributed by atoms with Crippen molar-refractivity contribution >= 4 is 27.5 Å². The molecular formula is C19H20N2O4S. The van der Waals surface area contributed by atoms with Crippen molar-refractivity contribution in [1.82, 2.24) is 9.55 Å². The lowest BCUT2D eigenvalue weighted by Crippen LogP contribution is -2.44. The molecule has 0 unspecified atom stereocenters. The van der Waals surface area contributed by atoms with Gasteiger partial charge in [-0.15, -0.1) is 11.3 Å². The van der Waals surface area contributed by atoms with Crippen molar-refractivity contribution < 1.29 is 14.6 Å². The molecule has 0 atom stereocenters. The summed E-state index contributed by atoms with van der Waals surface area (Å²) in [5.41, 5.74) is -0.127. The molecule has 2 aromatic heterocycles. The number of carbonyl (C=O) groups is 1. The van der Waals surface area contributed by atoms with Gasteiger partial charge in [0, 0.05) is 10.4 Å². The molecule has 0 radical (unpaired) electrons.